The molecule has 0 aliphatic heterocycles. The minimum absolute atomic E-state index is 0.180. The summed E-state index contributed by atoms with van der Waals surface area (Å²) >= 11 is 0. The van der Waals surface area contributed by atoms with Crippen molar-refractivity contribution in [3.05, 3.63) is 87.9 Å². The molecule has 0 bridgehead atoms. The molecule has 0 unspecified atom stereocenters. The van der Waals surface area contributed by atoms with Crippen molar-refractivity contribution in [2.45, 2.75) is 38.9 Å². The van der Waals surface area contributed by atoms with Gasteiger partial charge in [-0.15, -0.1) is 5.10 Å². The molecule has 5 rings (SSSR count). The van der Waals surface area contributed by atoms with Crippen molar-refractivity contribution in [2.24, 2.45) is 0 Å². The van der Waals surface area contributed by atoms with Crippen molar-refractivity contribution in [3.8, 4) is 23.0 Å². The van der Waals surface area contributed by atoms with Gasteiger partial charge in [0.2, 0.25) is 0 Å². The van der Waals surface area contributed by atoms with Crippen LogP contribution in [-0.4, -0.2) is 65.1 Å². The molecule has 0 spiro atoms. The predicted octanol–water partition coefficient (Wildman–Crippen LogP) is 4.39. The molecule has 0 aliphatic carbocycles. The molecule has 1 atom stereocenters. The summed E-state index contributed by atoms with van der Waals surface area (Å²) in [6, 6.07) is 15.0. The topological polar surface area (TPSA) is 130 Å². The van der Waals surface area contributed by atoms with Gasteiger partial charge in [-0.25, -0.2) is 4.68 Å². The lowest BCUT2D eigenvalue weighted by Crippen LogP contribution is -2.34. The standard InChI is InChI=1S/C31H36N6O6/c1-6-25(30-33-34-35-37(30)19-23-8-7-13-43-23)36(12-11-20-9-10-26(39-2)27(14-20)40-3)18-22-15-21-16-28(41-4)29(42-5)17-24(21)32-31(22)38/h7-10,13-17,25H,6,11-12,18-19H2,1-5H3,(H,32,38)/t25-/m0/s1. The van der Waals surface area contributed by atoms with Crippen molar-refractivity contribution in [2.75, 3.05) is 35.0 Å². The third kappa shape index (κ3) is 6.49. The number of benzene rings is 2. The second-order valence-electron chi connectivity index (χ2n) is 10.0. The van der Waals surface area contributed by atoms with Crippen LogP contribution in [0.3, 0.4) is 0 Å². The lowest BCUT2D eigenvalue weighted by Gasteiger charge is -2.30. The Morgan fingerprint density at radius 2 is 1.70 bits per heavy atom. The number of methoxy groups -OCH3 is 4. The van der Waals surface area contributed by atoms with Gasteiger partial charge in [0.1, 0.15) is 12.3 Å². The number of fused-ring (bicyclic) bond motifs is 1. The Kier molecular flexibility index (Phi) is 9.26. The van der Waals surface area contributed by atoms with Crippen LogP contribution in [0.4, 0.5) is 0 Å². The van der Waals surface area contributed by atoms with E-state index in [1.54, 1.807) is 45.5 Å². The summed E-state index contributed by atoms with van der Waals surface area (Å²) in [7, 11) is 6.39. The maximum Gasteiger partial charge on any atom is 0.252 e. The number of aromatic nitrogens is 5. The highest BCUT2D eigenvalue weighted by atomic mass is 16.5. The average Bonchev–Trinajstić information content (AvgIpc) is 3.72. The summed E-state index contributed by atoms with van der Waals surface area (Å²) in [5.41, 5.74) is 2.16. The van der Waals surface area contributed by atoms with Gasteiger partial charge in [-0.3, -0.25) is 9.69 Å². The summed E-state index contributed by atoms with van der Waals surface area (Å²) in [5, 5.41) is 13.5. The van der Waals surface area contributed by atoms with Crippen LogP contribution in [0.2, 0.25) is 0 Å². The molecule has 0 radical (unpaired) electrons. The van der Waals surface area contributed by atoms with Crippen molar-refractivity contribution in [1.29, 1.82) is 0 Å². The predicted molar refractivity (Wildman–Crippen MR) is 160 cm³/mol. The number of hydrogen-bond donors (Lipinski definition) is 1. The Morgan fingerprint density at radius 3 is 2.40 bits per heavy atom. The number of pyridine rings is 1. The largest absolute Gasteiger partial charge is 0.493 e. The van der Waals surface area contributed by atoms with Crippen LogP contribution >= 0.6 is 0 Å². The van der Waals surface area contributed by atoms with Crippen molar-refractivity contribution in [3.63, 3.8) is 0 Å². The first-order chi connectivity index (χ1) is 21.0. The molecule has 226 valence electrons. The van der Waals surface area contributed by atoms with Gasteiger partial charge < -0.3 is 28.3 Å². The maximum atomic E-state index is 13.4. The third-order valence-electron chi connectivity index (χ3n) is 7.51. The zero-order chi connectivity index (χ0) is 30.3. The molecule has 0 aliphatic rings. The Bertz CT molecular complexity index is 1710. The number of aromatic amines is 1. The summed E-state index contributed by atoms with van der Waals surface area (Å²) in [4.78, 5) is 18.6. The lowest BCUT2D eigenvalue weighted by molar-refractivity contribution is 0.171. The van der Waals surface area contributed by atoms with Gasteiger partial charge >= 0.3 is 0 Å². The van der Waals surface area contributed by atoms with Gasteiger partial charge in [0, 0.05) is 30.1 Å². The Hall–Kier alpha value is -4.84. The van der Waals surface area contributed by atoms with E-state index in [0.29, 0.717) is 72.4 Å². The summed E-state index contributed by atoms with van der Waals surface area (Å²) < 4.78 is 29.2. The van der Waals surface area contributed by atoms with Crippen LogP contribution in [0.25, 0.3) is 10.9 Å². The Labute approximate surface area is 249 Å². The van der Waals surface area contributed by atoms with Crippen LogP contribution in [-0.2, 0) is 19.5 Å². The summed E-state index contributed by atoms with van der Waals surface area (Å²) in [6.07, 6.45) is 3.02. The number of nitrogens with one attached hydrogen (secondary N) is 1. The van der Waals surface area contributed by atoms with Crippen molar-refractivity contribution >= 4 is 10.9 Å². The molecule has 12 nitrogen and oxygen atoms in total. The van der Waals surface area contributed by atoms with Crippen molar-refractivity contribution in [1.82, 2.24) is 30.1 Å². The molecule has 3 heterocycles. The molecule has 43 heavy (non-hydrogen) atoms. The first-order valence-electron chi connectivity index (χ1n) is 14.0. The van der Waals surface area contributed by atoms with E-state index in [-0.39, 0.29) is 11.6 Å². The number of furan rings is 1. The quantitative estimate of drug-likeness (QED) is 0.199. The number of nitrogens with zero attached hydrogens (tertiary/aromatic N) is 5. The molecular formula is C31H36N6O6. The maximum absolute atomic E-state index is 13.4. The fourth-order valence-corrected chi connectivity index (χ4v) is 5.29. The fraction of sp³-hybridized carbons (Fsp3) is 0.355. The summed E-state index contributed by atoms with van der Waals surface area (Å²) in [6.45, 7) is 3.46. The molecule has 0 fully saturated rings. The number of tetrazole rings is 1. The normalized spacial score (nSPS) is 12.0. The second-order valence-corrected chi connectivity index (χ2v) is 10.0. The van der Waals surface area contributed by atoms with E-state index >= 15 is 0 Å². The van der Waals surface area contributed by atoms with E-state index in [9.17, 15) is 4.79 Å². The van der Waals surface area contributed by atoms with Gasteiger partial charge in [0.25, 0.3) is 5.56 Å². The monoisotopic (exact) mass is 588 g/mol. The van der Waals surface area contributed by atoms with Gasteiger partial charge in [-0.05, 0) is 65.2 Å². The number of rotatable bonds is 14. The molecule has 0 saturated heterocycles. The fourth-order valence-electron chi connectivity index (χ4n) is 5.29. The van der Waals surface area contributed by atoms with Gasteiger partial charge in [0.15, 0.2) is 28.8 Å². The number of hydrogen-bond acceptors (Lipinski definition) is 10. The third-order valence-corrected chi connectivity index (χ3v) is 7.51. The number of H-pyrrole nitrogens is 1. The smallest absolute Gasteiger partial charge is 0.252 e. The Morgan fingerprint density at radius 1 is 0.953 bits per heavy atom. The SMILES string of the molecule is CC[C@@H](c1nnnn1Cc1ccco1)N(CCc1ccc(OC)c(OC)c1)Cc1cc2cc(OC)c(OC)cc2[nH]c1=O. The van der Waals surface area contributed by atoms with Gasteiger partial charge in [0.05, 0.1) is 46.3 Å². The highest BCUT2D eigenvalue weighted by Crippen LogP contribution is 2.32. The van der Waals surface area contributed by atoms with Crippen LogP contribution in [0.1, 0.15) is 42.1 Å². The average molecular weight is 589 g/mol. The first kappa shape index (κ1) is 29.6. The highest BCUT2D eigenvalue weighted by molar-refractivity contribution is 5.83. The molecule has 0 amide bonds. The number of ether oxygens (including phenoxy) is 4. The molecule has 5 aromatic rings. The van der Waals surface area contributed by atoms with Crippen LogP contribution in [0.5, 0.6) is 23.0 Å². The molecular weight excluding hydrogens is 552 g/mol. The van der Waals surface area contributed by atoms with E-state index in [1.165, 1.54) is 0 Å². The molecule has 3 aromatic heterocycles. The van der Waals surface area contributed by atoms with E-state index in [4.69, 9.17) is 23.4 Å². The highest BCUT2D eigenvalue weighted by Gasteiger charge is 2.26. The molecule has 12 heteroatoms. The van der Waals surface area contributed by atoms with Crippen LogP contribution < -0.4 is 24.5 Å². The molecule has 0 saturated carbocycles. The zero-order valence-corrected chi connectivity index (χ0v) is 25.0. The Balaban J connectivity index is 1.50. The van der Waals surface area contributed by atoms with E-state index in [0.717, 1.165) is 16.7 Å². The molecule has 1 N–H and O–H groups in total. The van der Waals surface area contributed by atoms with Crippen LogP contribution in [0, 0.1) is 0 Å². The minimum Gasteiger partial charge on any atom is -0.493 e. The lowest BCUT2D eigenvalue weighted by atomic mass is 10.1. The summed E-state index contributed by atoms with van der Waals surface area (Å²) in [5.74, 6) is 3.90. The second kappa shape index (κ2) is 13.4. The first-order valence-corrected chi connectivity index (χ1v) is 14.0. The zero-order valence-electron chi connectivity index (χ0n) is 25.0. The van der Waals surface area contributed by atoms with E-state index in [2.05, 4.69) is 32.3 Å². The minimum atomic E-state index is -0.189. The van der Waals surface area contributed by atoms with E-state index in [1.807, 2.05) is 42.5 Å². The van der Waals surface area contributed by atoms with Crippen LogP contribution in [0.15, 0.2) is 64.0 Å². The van der Waals surface area contributed by atoms with E-state index < -0.39 is 0 Å². The van der Waals surface area contributed by atoms with Crippen molar-refractivity contribution < 1.29 is 23.4 Å². The van der Waals surface area contributed by atoms with Gasteiger partial charge in [-0.1, -0.05) is 13.0 Å². The van der Waals surface area contributed by atoms with Gasteiger partial charge in [-0.2, -0.15) is 0 Å². The molecule has 2 aromatic carbocycles.